The second kappa shape index (κ2) is 6.61. The molecule has 1 rings (SSSR count). The summed E-state index contributed by atoms with van der Waals surface area (Å²) >= 11 is 0. The Morgan fingerprint density at radius 2 is 2.00 bits per heavy atom. The molecule has 0 heterocycles. The van der Waals surface area contributed by atoms with Crippen molar-refractivity contribution in [3.63, 3.8) is 0 Å². The zero-order valence-corrected chi connectivity index (χ0v) is 9.47. The first-order chi connectivity index (χ1) is 7.72. The van der Waals surface area contributed by atoms with E-state index in [1.807, 2.05) is 30.3 Å². The predicted octanol–water partition coefficient (Wildman–Crippen LogP) is 2.14. The molecule has 1 aromatic carbocycles. The molecule has 0 atom stereocenters. The molecule has 0 saturated carbocycles. The summed E-state index contributed by atoms with van der Waals surface area (Å²) < 4.78 is 5.07. The highest BCUT2D eigenvalue weighted by atomic mass is 16.6. The van der Waals surface area contributed by atoms with Crippen molar-refractivity contribution < 1.29 is 14.4 Å². The maximum absolute atomic E-state index is 11.3. The molecular formula is C12H15NO3. The van der Waals surface area contributed by atoms with Crippen molar-refractivity contribution in [3.8, 4) is 0 Å². The molecule has 0 unspecified atom stereocenters. The summed E-state index contributed by atoms with van der Waals surface area (Å²) in [4.78, 5) is 15.9. The highest BCUT2D eigenvalue weighted by molar-refractivity contribution is 5.97. The summed E-state index contributed by atoms with van der Waals surface area (Å²) in [5, 5.41) is 3.64. The molecular weight excluding hydrogens is 206 g/mol. The van der Waals surface area contributed by atoms with Gasteiger partial charge in [-0.1, -0.05) is 35.5 Å². The number of carbonyl (C=O) groups excluding carboxylic acids is 1. The van der Waals surface area contributed by atoms with Gasteiger partial charge in [0.25, 0.3) is 0 Å². The van der Waals surface area contributed by atoms with Gasteiger partial charge in [-0.05, 0) is 12.5 Å². The molecule has 86 valence electrons. The molecule has 16 heavy (non-hydrogen) atoms. The standard InChI is InChI=1S/C12H15NO3/c1-10(13-15-2)8-12(14)16-9-11-6-4-3-5-7-11/h3-7H,8-9H2,1-2H3/b13-10+. The second-order valence-electron chi connectivity index (χ2n) is 3.33. The summed E-state index contributed by atoms with van der Waals surface area (Å²) in [5.74, 6) is -0.304. The van der Waals surface area contributed by atoms with Crippen molar-refractivity contribution in [1.82, 2.24) is 0 Å². The number of nitrogens with zero attached hydrogens (tertiary/aromatic N) is 1. The third kappa shape index (κ3) is 4.59. The minimum atomic E-state index is -0.304. The van der Waals surface area contributed by atoms with Crippen molar-refractivity contribution in [3.05, 3.63) is 35.9 Å². The molecule has 0 amide bonds. The second-order valence-corrected chi connectivity index (χ2v) is 3.33. The molecule has 0 spiro atoms. The third-order valence-electron chi connectivity index (χ3n) is 1.89. The van der Waals surface area contributed by atoms with E-state index in [1.54, 1.807) is 6.92 Å². The lowest BCUT2D eigenvalue weighted by Gasteiger charge is -2.04. The van der Waals surface area contributed by atoms with Crippen LogP contribution in [0.1, 0.15) is 18.9 Å². The highest BCUT2D eigenvalue weighted by Crippen LogP contribution is 2.02. The first-order valence-electron chi connectivity index (χ1n) is 4.98. The molecule has 0 N–H and O–H groups in total. The maximum Gasteiger partial charge on any atom is 0.311 e. The number of ether oxygens (including phenoxy) is 1. The number of esters is 1. The number of hydrogen-bond donors (Lipinski definition) is 0. The number of carbonyl (C=O) groups is 1. The van der Waals surface area contributed by atoms with Crippen LogP contribution >= 0.6 is 0 Å². The predicted molar refractivity (Wildman–Crippen MR) is 61.0 cm³/mol. The zero-order chi connectivity index (χ0) is 11.8. The van der Waals surface area contributed by atoms with Crippen LogP contribution in [0.3, 0.4) is 0 Å². The number of benzene rings is 1. The Hall–Kier alpha value is -1.84. The molecule has 0 radical (unpaired) electrons. The molecule has 0 aliphatic carbocycles. The Labute approximate surface area is 94.9 Å². The van der Waals surface area contributed by atoms with Gasteiger partial charge < -0.3 is 9.57 Å². The van der Waals surface area contributed by atoms with Gasteiger partial charge in [0.1, 0.15) is 13.7 Å². The van der Waals surface area contributed by atoms with Crippen LogP contribution < -0.4 is 0 Å². The van der Waals surface area contributed by atoms with Gasteiger partial charge in [0, 0.05) is 0 Å². The van der Waals surface area contributed by atoms with E-state index in [0.29, 0.717) is 12.3 Å². The first kappa shape index (κ1) is 12.2. The first-order valence-corrected chi connectivity index (χ1v) is 4.98. The van der Waals surface area contributed by atoms with E-state index >= 15 is 0 Å². The van der Waals surface area contributed by atoms with Crippen molar-refractivity contribution in [1.29, 1.82) is 0 Å². The normalized spacial score (nSPS) is 11.0. The van der Waals surface area contributed by atoms with Crippen LogP contribution in [0.2, 0.25) is 0 Å². The molecule has 0 aliphatic heterocycles. The van der Waals surface area contributed by atoms with Crippen molar-refractivity contribution in [2.75, 3.05) is 7.11 Å². The van der Waals surface area contributed by atoms with Crippen LogP contribution in [0.25, 0.3) is 0 Å². The lowest BCUT2D eigenvalue weighted by Crippen LogP contribution is -2.09. The van der Waals surface area contributed by atoms with E-state index in [0.717, 1.165) is 5.56 Å². The quantitative estimate of drug-likeness (QED) is 0.435. The summed E-state index contributed by atoms with van der Waals surface area (Å²) in [6.07, 6.45) is 0.153. The molecule has 4 heteroatoms. The van der Waals surface area contributed by atoms with E-state index in [1.165, 1.54) is 7.11 Å². The Kier molecular flexibility index (Phi) is 5.05. The van der Waals surface area contributed by atoms with Crippen LogP contribution in [0, 0.1) is 0 Å². The van der Waals surface area contributed by atoms with Crippen molar-refractivity contribution >= 4 is 11.7 Å². The van der Waals surface area contributed by atoms with Gasteiger partial charge in [-0.3, -0.25) is 4.79 Å². The van der Waals surface area contributed by atoms with Crippen LogP contribution in [-0.4, -0.2) is 18.8 Å². The molecule has 0 fully saturated rings. The van der Waals surface area contributed by atoms with Crippen LogP contribution in [0.4, 0.5) is 0 Å². The lowest BCUT2D eigenvalue weighted by molar-refractivity contribution is -0.143. The van der Waals surface area contributed by atoms with E-state index in [4.69, 9.17) is 4.74 Å². The minimum absolute atomic E-state index is 0.153. The Morgan fingerprint density at radius 1 is 1.31 bits per heavy atom. The smallest absolute Gasteiger partial charge is 0.311 e. The molecule has 0 aromatic heterocycles. The van der Waals surface area contributed by atoms with E-state index in [2.05, 4.69) is 9.99 Å². The SMILES string of the molecule is CO/N=C(\C)CC(=O)OCc1ccccc1. The monoisotopic (exact) mass is 221 g/mol. The van der Waals surface area contributed by atoms with E-state index < -0.39 is 0 Å². The van der Waals surface area contributed by atoms with Crippen LogP contribution in [0.15, 0.2) is 35.5 Å². The fraction of sp³-hybridized carbons (Fsp3) is 0.333. The molecule has 0 aliphatic rings. The average Bonchev–Trinajstić information content (AvgIpc) is 2.28. The summed E-state index contributed by atoms with van der Waals surface area (Å²) in [7, 11) is 1.44. The van der Waals surface area contributed by atoms with Gasteiger partial charge >= 0.3 is 5.97 Å². The van der Waals surface area contributed by atoms with Crippen molar-refractivity contribution in [2.45, 2.75) is 20.0 Å². The van der Waals surface area contributed by atoms with Gasteiger partial charge in [-0.15, -0.1) is 0 Å². The number of oxime groups is 1. The maximum atomic E-state index is 11.3. The number of hydrogen-bond acceptors (Lipinski definition) is 4. The van der Waals surface area contributed by atoms with Crippen LogP contribution in [-0.2, 0) is 21.0 Å². The van der Waals surface area contributed by atoms with Gasteiger partial charge in [0.2, 0.25) is 0 Å². The fourth-order valence-electron chi connectivity index (χ4n) is 1.19. The summed E-state index contributed by atoms with van der Waals surface area (Å²) in [5.41, 5.74) is 1.57. The Bertz CT molecular complexity index is 360. The molecule has 1 aromatic rings. The average molecular weight is 221 g/mol. The third-order valence-corrected chi connectivity index (χ3v) is 1.89. The van der Waals surface area contributed by atoms with E-state index in [-0.39, 0.29) is 12.4 Å². The zero-order valence-electron chi connectivity index (χ0n) is 9.47. The lowest BCUT2D eigenvalue weighted by atomic mass is 10.2. The summed E-state index contributed by atoms with van der Waals surface area (Å²) in [6.45, 7) is 2.01. The Balaban J connectivity index is 2.33. The van der Waals surface area contributed by atoms with Gasteiger partial charge in [-0.25, -0.2) is 0 Å². The minimum Gasteiger partial charge on any atom is -0.461 e. The van der Waals surface area contributed by atoms with Gasteiger partial charge in [-0.2, -0.15) is 0 Å². The van der Waals surface area contributed by atoms with Gasteiger partial charge in [0.15, 0.2) is 0 Å². The van der Waals surface area contributed by atoms with E-state index in [9.17, 15) is 4.79 Å². The van der Waals surface area contributed by atoms with Gasteiger partial charge in [0.05, 0.1) is 12.1 Å². The molecule has 0 bridgehead atoms. The topological polar surface area (TPSA) is 47.9 Å². The Morgan fingerprint density at radius 3 is 2.62 bits per heavy atom. The van der Waals surface area contributed by atoms with Crippen molar-refractivity contribution in [2.24, 2.45) is 5.16 Å². The summed E-state index contributed by atoms with van der Waals surface area (Å²) in [6, 6.07) is 9.54. The highest BCUT2D eigenvalue weighted by Gasteiger charge is 2.05. The fourth-order valence-corrected chi connectivity index (χ4v) is 1.19. The molecule has 4 nitrogen and oxygen atoms in total. The number of rotatable bonds is 5. The largest absolute Gasteiger partial charge is 0.461 e. The van der Waals surface area contributed by atoms with Crippen LogP contribution in [0.5, 0.6) is 0 Å². The molecule has 0 saturated heterocycles.